The summed E-state index contributed by atoms with van der Waals surface area (Å²) in [5.41, 5.74) is 6.07. The largest absolute Gasteiger partial charge is 0.329 e. The fourth-order valence-corrected chi connectivity index (χ4v) is 6.82. The zero-order valence-corrected chi connectivity index (χ0v) is 33.5. The molecule has 4 heterocycles. The summed E-state index contributed by atoms with van der Waals surface area (Å²) in [6.07, 6.45) is 12.7. The van der Waals surface area contributed by atoms with Gasteiger partial charge in [0, 0.05) is 66.5 Å². The van der Waals surface area contributed by atoms with Crippen molar-refractivity contribution in [3.63, 3.8) is 0 Å². The number of benzene rings is 2. The molecule has 57 heavy (non-hydrogen) atoms. The fourth-order valence-electron chi connectivity index (χ4n) is 6.59. The van der Waals surface area contributed by atoms with Crippen molar-refractivity contribution >= 4 is 57.0 Å². The number of hydrogen-bond acceptors (Lipinski definition) is 7. The number of halogens is 1. The predicted molar refractivity (Wildman–Crippen MR) is 223 cm³/mol. The third kappa shape index (κ3) is 9.48. The van der Waals surface area contributed by atoms with Gasteiger partial charge in [-0.15, -0.1) is 0 Å². The van der Waals surface area contributed by atoms with Gasteiger partial charge >= 0.3 is 0 Å². The van der Waals surface area contributed by atoms with Crippen LogP contribution in [0.4, 0.5) is 5.82 Å². The Hall–Kier alpha value is -6.10. The van der Waals surface area contributed by atoms with E-state index in [0.717, 1.165) is 62.7 Å². The Morgan fingerprint density at radius 3 is 1.65 bits per heavy atom. The molecule has 0 saturated heterocycles. The molecular weight excluding hydrogens is 734 g/mol. The van der Waals surface area contributed by atoms with E-state index in [1.54, 1.807) is 0 Å². The maximum atomic E-state index is 12.4. The number of Topliss-reactive ketones (excluding diaryl/α,β-unsaturated/α-hetero) is 2. The lowest BCUT2D eigenvalue weighted by Gasteiger charge is -2.08. The number of carbonyl (C=O) groups is 3. The first-order chi connectivity index (χ1) is 27.4. The van der Waals surface area contributed by atoms with E-state index in [2.05, 4.69) is 76.6 Å². The highest BCUT2D eigenvalue weighted by molar-refractivity contribution is 6.34. The zero-order valence-electron chi connectivity index (χ0n) is 32.8. The van der Waals surface area contributed by atoms with Gasteiger partial charge in [0.2, 0.25) is 5.91 Å². The first kappa shape index (κ1) is 39.1. The van der Waals surface area contributed by atoms with E-state index in [4.69, 9.17) is 11.6 Å². The average Bonchev–Trinajstić information content (AvgIpc) is 4.11. The van der Waals surface area contributed by atoms with Crippen molar-refractivity contribution in [3.05, 3.63) is 112 Å². The van der Waals surface area contributed by atoms with Crippen molar-refractivity contribution in [1.82, 2.24) is 29.1 Å². The second-order valence-electron chi connectivity index (χ2n) is 15.4. The van der Waals surface area contributed by atoms with Gasteiger partial charge in [-0.2, -0.15) is 0 Å². The van der Waals surface area contributed by atoms with Crippen molar-refractivity contribution < 1.29 is 14.4 Å². The molecule has 0 bridgehead atoms. The number of aromatic nitrogens is 6. The minimum absolute atomic E-state index is 0.173. The van der Waals surface area contributed by atoms with Crippen LogP contribution in [0.5, 0.6) is 0 Å². The number of hydrogen-bond donors (Lipinski definition) is 1. The molecule has 8 rings (SSSR count). The van der Waals surface area contributed by atoms with Gasteiger partial charge in [0.25, 0.3) is 0 Å². The van der Waals surface area contributed by atoms with E-state index in [1.165, 1.54) is 32.4 Å². The molecule has 0 atom stereocenters. The molecule has 0 unspecified atom stereocenters. The Labute approximate surface area is 337 Å². The number of fused-ring (bicyclic) bond motifs is 2. The van der Waals surface area contributed by atoms with Crippen molar-refractivity contribution in [2.24, 2.45) is 11.8 Å². The third-order valence-corrected chi connectivity index (χ3v) is 10.3. The molecule has 1 amide bonds. The Kier molecular flexibility index (Phi) is 11.6. The maximum absolute atomic E-state index is 12.4. The summed E-state index contributed by atoms with van der Waals surface area (Å²) in [6, 6.07) is 15.4. The van der Waals surface area contributed by atoms with Crippen LogP contribution in [0.3, 0.4) is 0 Å². The summed E-state index contributed by atoms with van der Waals surface area (Å²) in [7, 11) is 0. The fraction of sp³-hybridized carbons (Fsp3) is 0.326. The number of carbonyl (C=O) groups excluding carboxylic acids is 3. The number of nitrogens with zero attached hydrogens (tertiary/aromatic N) is 6. The molecule has 11 heteroatoms. The predicted octanol–water partition coefficient (Wildman–Crippen LogP) is 9.40. The third-order valence-electron chi connectivity index (χ3n) is 9.97. The van der Waals surface area contributed by atoms with Crippen LogP contribution < -0.4 is 5.32 Å². The molecule has 0 radical (unpaired) electrons. The zero-order chi connectivity index (χ0) is 40.2. The Balaban J connectivity index is 0.000000175. The van der Waals surface area contributed by atoms with Gasteiger partial charge in [0.1, 0.15) is 34.9 Å². The molecule has 288 valence electrons. The highest BCUT2D eigenvalue weighted by Crippen LogP contribution is 2.35. The standard InChI is InChI=1S/C24H24N4O2.C22H20ClN3O/c1-15(2)28-13-20(22-23(27-16(3)29)25-14-26-24(22)28)10-9-17-5-4-6-19(11-17)21(30)12-18-7-8-18;1-14(2)26-12-18(20-21(23)24-13-25-22(20)26)9-8-15-4-3-5-17(10-15)19(27)11-16-6-7-16/h4-6,11,13-15,18H,7-8,12H2,1-3H3,(H,25,26,27,29);3-5,10,12-14,16H,6-7,11H2,1-2H3. The van der Waals surface area contributed by atoms with Crippen LogP contribution in [0.15, 0.2) is 73.6 Å². The van der Waals surface area contributed by atoms with Crippen LogP contribution >= 0.6 is 11.6 Å². The normalized spacial score (nSPS) is 13.4. The minimum atomic E-state index is -0.201. The van der Waals surface area contributed by atoms with Gasteiger partial charge in [-0.3, -0.25) is 14.4 Å². The van der Waals surface area contributed by atoms with Crippen LogP contribution in [-0.2, 0) is 4.79 Å². The van der Waals surface area contributed by atoms with Crippen molar-refractivity contribution in [1.29, 1.82) is 0 Å². The van der Waals surface area contributed by atoms with Crippen molar-refractivity contribution in [3.8, 4) is 23.7 Å². The molecule has 10 nitrogen and oxygen atoms in total. The number of anilines is 1. The summed E-state index contributed by atoms with van der Waals surface area (Å²) < 4.78 is 4.06. The first-order valence-corrected chi connectivity index (χ1v) is 19.8. The second-order valence-corrected chi connectivity index (χ2v) is 15.7. The van der Waals surface area contributed by atoms with Crippen LogP contribution in [0.1, 0.15) is 128 Å². The Bertz CT molecular complexity index is 2640. The summed E-state index contributed by atoms with van der Waals surface area (Å²) in [5.74, 6) is 14.5. The lowest BCUT2D eigenvalue weighted by atomic mass is 10.0. The van der Waals surface area contributed by atoms with Crippen molar-refractivity contribution in [2.45, 2.75) is 85.2 Å². The topological polar surface area (TPSA) is 125 Å². The van der Waals surface area contributed by atoms with Gasteiger partial charge < -0.3 is 14.5 Å². The highest BCUT2D eigenvalue weighted by atomic mass is 35.5. The van der Waals surface area contributed by atoms with Crippen LogP contribution in [0.2, 0.25) is 5.15 Å². The number of ketones is 2. The second kappa shape index (κ2) is 17.0. The van der Waals surface area contributed by atoms with E-state index in [-0.39, 0.29) is 29.6 Å². The summed E-state index contributed by atoms with van der Waals surface area (Å²) >= 11 is 6.31. The summed E-state index contributed by atoms with van der Waals surface area (Å²) in [5, 5.41) is 4.65. The van der Waals surface area contributed by atoms with Crippen molar-refractivity contribution in [2.75, 3.05) is 5.32 Å². The van der Waals surface area contributed by atoms with Gasteiger partial charge in [-0.05, 0) is 89.5 Å². The number of nitrogens with one attached hydrogen (secondary N) is 1. The van der Waals surface area contributed by atoms with Crippen LogP contribution in [0.25, 0.3) is 22.1 Å². The number of rotatable bonds is 9. The van der Waals surface area contributed by atoms with Crippen LogP contribution in [-0.4, -0.2) is 46.5 Å². The molecule has 2 aromatic carbocycles. The first-order valence-electron chi connectivity index (χ1n) is 19.4. The highest BCUT2D eigenvalue weighted by Gasteiger charge is 2.26. The lowest BCUT2D eigenvalue weighted by Crippen LogP contribution is -2.08. The van der Waals surface area contributed by atoms with E-state index in [0.29, 0.717) is 41.2 Å². The SMILES string of the molecule is CC(=O)Nc1ncnc2c1c(C#Cc1cccc(C(=O)CC3CC3)c1)cn2C(C)C.CC(C)n1cc(C#Cc2cccc(C(=O)CC3CC3)c2)c2c(Cl)ncnc21. The Morgan fingerprint density at radius 2 is 1.18 bits per heavy atom. The molecule has 4 aromatic heterocycles. The van der Waals surface area contributed by atoms with Gasteiger partial charge in [0.15, 0.2) is 11.6 Å². The van der Waals surface area contributed by atoms with Gasteiger partial charge in [0.05, 0.1) is 21.9 Å². The average molecular weight is 778 g/mol. The maximum Gasteiger partial charge on any atom is 0.222 e. The quantitative estimate of drug-likeness (QED) is 0.0881. The molecule has 6 aromatic rings. The number of amides is 1. The molecule has 2 aliphatic rings. The summed E-state index contributed by atoms with van der Waals surface area (Å²) in [4.78, 5) is 53.5. The van der Waals surface area contributed by atoms with E-state index < -0.39 is 0 Å². The summed E-state index contributed by atoms with van der Waals surface area (Å²) in [6.45, 7) is 9.74. The minimum Gasteiger partial charge on any atom is -0.329 e. The molecular formula is C46H44ClN7O3. The molecule has 2 fully saturated rings. The molecule has 2 aliphatic carbocycles. The molecule has 2 saturated carbocycles. The molecule has 1 N–H and O–H groups in total. The molecule has 0 spiro atoms. The lowest BCUT2D eigenvalue weighted by molar-refractivity contribution is -0.114. The smallest absolute Gasteiger partial charge is 0.222 e. The van der Waals surface area contributed by atoms with E-state index >= 15 is 0 Å². The van der Waals surface area contributed by atoms with E-state index in [1.807, 2.05) is 70.1 Å². The van der Waals surface area contributed by atoms with Gasteiger partial charge in [-0.1, -0.05) is 59.5 Å². The van der Waals surface area contributed by atoms with E-state index in [9.17, 15) is 14.4 Å². The van der Waals surface area contributed by atoms with Gasteiger partial charge in [-0.25, -0.2) is 19.9 Å². The van der Waals surface area contributed by atoms with Crippen LogP contribution in [0, 0.1) is 35.5 Å². The molecule has 0 aliphatic heterocycles. The Morgan fingerprint density at radius 1 is 0.702 bits per heavy atom. The monoisotopic (exact) mass is 777 g/mol.